The fourth-order valence-corrected chi connectivity index (χ4v) is 4.30. The number of β-lactam (4-membered cyclic amide) rings is 1. The molecule has 1 atom stereocenters. The van der Waals surface area contributed by atoms with Crippen molar-refractivity contribution in [1.29, 1.82) is 0 Å². The molecule has 0 aliphatic carbocycles. The lowest BCUT2D eigenvalue weighted by Crippen LogP contribution is -2.77. The van der Waals surface area contributed by atoms with Gasteiger partial charge in [0.2, 0.25) is 5.91 Å². The maximum absolute atomic E-state index is 12.6. The number of anilines is 1. The minimum absolute atomic E-state index is 0.0467. The van der Waals surface area contributed by atoms with E-state index >= 15 is 0 Å². The molecule has 1 aromatic heterocycles. The van der Waals surface area contributed by atoms with E-state index in [-0.39, 0.29) is 26.7 Å². The standard InChI is InChI=1S/C13H16ClN5O7S2/c1-13(2)9(11(22)19(13)28(23,24)25)17-10(21)8(18-26-3)6-5-27-12(15-6)16-7(20)4-14/h5,9H,4H2,1-3H3,(H,17,21)(H,15,16,20)(H,23,24,25)/b18-8-. The van der Waals surface area contributed by atoms with Crippen LogP contribution in [0.5, 0.6) is 0 Å². The Hall–Kier alpha value is -2.29. The highest BCUT2D eigenvalue weighted by molar-refractivity contribution is 7.84. The topological polar surface area (TPSA) is 167 Å². The summed E-state index contributed by atoms with van der Waals surface area (Å²) in [5, 5.41) is 9.90. The van der Waals surface area contributed by atoms with Gasteiger partial charge in [-0.1, -0.05) is 5.16 Å². The van der Waals surface area contributed by atoms with Crippen LogP contribution in [-0.4, -0.2) is 70.3 Å². The van der Waals surface area contributed by atoms with E-state index in [1.54, 1.807) is 0 Å². The van der Waals surface area contributed by atoms with Crippen molar-refractivity contribution in [3.8, 4) is 0 Å². The van der Waals surface area contributed by atoms with Crippen LogP contribution in [0.1, 0.15) is 19.5 Å². The summed E-state index contributed by atoms with van der Waals surface area (Å²) >= 11 is 6.40. The number of hydrogen-bond acceptors (Lipinski definition) is 9. The van der Waals surface area contributed by atoms with Crippen LogP contribution in [0.15, 0.2) is 10.5 Å². The SMILES string of the molecule is CO/N=C(\C(=O)NC1C(=O)N(S(=O)(=O)O)C1(C)C)c1csc(NC(=O)CCl)n1. The Labute approximate surface area is 168 Å². The van der Waals surface area contributed by atoms with Gasteiger partial charge >= 0.3 is 10.3 Å². The summed E-state index contributed by atoms with van der Waals surface area (Å²) in [5.74, 6) is -2.66. The summed E-state index contributed by atoms with van der Waals surface area (Å²) in [6.07, 6.45) is 0. The molecule has 1 aromatic rings. The minimum Gasteiger partial charge on any atom is -0.398 e. The van der Waals surface area contributed by atoms with Gasteiger partial charge in [-0.3, -0.25) is 18.9 Å². The Bertz CT molecular complexity index is 943. The highest BCUT2D eigenvalue weighted by Crippen LogP contribution is 2.34. The number of carbonyl (C=O) groups excluding carboxylic acids is 3. The predicted molar refractivity (Wildman–Crippen MR) is 99.4 cm³/mol. The number of aromatic nitrogens is 1. The number of alkyl halides is 1. The largest absolute Gasteiger partial charge is 0.398 e. The van der Waals surface area contributed by atoms with Gasteiger partial charge in [0.1, 0.15) is 24.7 Å². The zero-order chi connectivity index (χ0) is 21.3. The van der Waals surface area contributed by atoms with E-state index in [0.29, 0.717) is 0 Å². The summed E-state index contributed by atoms with van der Waals surface area (Å²) in [6, 6.07) is -1.24. The Morgan fingerprint density at radius 3 is 2.64 bits per heavy atom. The molecule has 154 valence electrons. The molecule has 0 aromatic carbocycles. The molecule has 28 heavy (non-hydrogen) atoms. The number of amides is 3. The Kier molecular flexibility index (Phi) is 6.27. The fraction of sp³-hybridized carbons (Fsp3) is 0.462. The quantitative estimate of drug-likeness (QED) is 0.164. The molecule has 15 heteroatoms. The van der Waals surface area contributed by atoms with Gasteiger partial charge < -0.3 is 15.5 Å². The average Bonchev–Trinajstić information content (AvgIpc) is 3.03. The first-order valence-electron chi connectivity index (χ1n) is 7.49. The second kappa shape index (κ2) is 7.98. The molecule has 2 rings (SSSR count). The summed E-state index contributed by atoms with van der Waals surface area (Å²) < 4.78 is 32.0. The molecule has 1 unspecified atom stereocenters. The van der Waals surface area contributed by atoms with Gasteiger partial charge in [0.25, 0.3) is 11.8 Å². The Morgan fingerprint density at radius 1 is 1.50 bits per heavy atom. The van der Waals surface area contributed by atoms with E-state index in [1.807, 2.05) is 0 Å². The van der Waals surface area contributed by atoms with Crippen molar-refractivity contribution in [3.63, 3.8) is 0 Å². The van der Waals surface area contributed by atoms with Crippen LogP contribution < -0.4 is 10.6 Å². The Balaban J connectivity index is 2.20. The molecule has 0 spiro atoms. The lowest BCUT2D eigenvalue weighted by Gasteiger charge is -2.50. The van der Waals surface area contributed by atoms with Crippen LogP contribution in [0.2, 0.25) is 0 Å². The summed E-state index contributed by atoms with van der Waals surface area (Å²) in [7, 11) is -3.58. The van der Waals surface area contributed by atoms with Crippen molar-refractivity contribution in [2.75, 3.05) is 18.3 Å². The van der Waals surface area contributed by atoms with E-state index in [2.05, 4.69) is 25.6 Å². The van der Waals surface area contributed by atoms with E-state index in [1.165, 1.54) is 26.3 Å². The molecule has 0 bridgehead atoms. The number of hydrogen-bond donors (Lipinski definition) is 3. The number of rotatable bonds is 7. The van der Waals surface area contributed by atoms with Crippen LogP contribution in [-0.2, 0) is 29.5 Å². The molecule has 1 aliphatic heterocycles. The van der Waals surface area contributed by atoms with Gasteiger partial charge in [-0.25, -0.2) is 9.29 Å². The number of nitrogens with one attached hydrogen (secondary N) is 2. The first kappa shape index (κ1) is 22.0. The maximum Gasteiger partial charge on any atom is 0.362 e. The van der Waals surface area contributed by atoms with Crippen LogP contribution in [0.3, 0.4) is 0 Å². The van der Waals surface area contributed by atoms with Crippen molar-refractivity contribution in [1.82, 2.24) is 14.6 Å². The summed E-state index contributed by atoms with van der Waals surface area (Å²) in [6.45, 7) is 2.70. The summed E-state index contributed by atoms with van der Waals surface area (Å²) in [4.78, 5) is 44.6. The zero-order valence-electron chi connectivity index (χ0n) is 14.8. The van der Waals surface area contributed by atoms with Gasteiger partial charge in [-0.15, -0.1) is 22.9 Å². The van der Waals surface area contributed by atoms with Gasteiger partial charge in [0, 0.05) is 5.38 Å². The van der Waals surface area contributed by atoms with Crippen molar-refractivity contribution in [2.24, 2.45) is 5.16 Å². The van der Waals surface area contributed by atoms with Crippen molar-refractivity contribution >= 4 is 61.8 Å². The van der Waals surface area contributed by atoms with Crippen LogP contribution in [0.25, 0.3) is 0 Å². The van der Waals surface area contributed by atoms with Gasteiger partial charge in [-0.2, -0.15) is 8.42 Å². The smallest absolute Gasteiger partial charge is 0.362 e. The van der Waals surface area contributed by atoms with Crippen LogP contribution >= 0.6 is 22.9 Å². The molecule has 1 saturated heterocycles. The molecule has 2 heterocycles. The first-order chi connectivity index (χ1) is 12.9. The molecular weight excluding hydrogens is 438 g/mol. The number of nitrogens with zero attached hydrogens (tertiary/aromatic N) is 3. The molecule has 0 saturated carbocycles. The van der Waals surface area contributed by atoms with Gasteiger partial charge in [-0.05, 0) is 13.8 Å². The third-order valence-corrected chi connectivity index (χ3v) is 5.81. The monoisotopic (exact) mass is 453 g/mol. The second-order valence-electron chi connectivity index (χ2n) is 5.98. The Morgan fingerprint density at radius 2 is 2.14 bits per heavy atom. The molecule has 1 fully saturated rings. The fourth-order valence-electron chi connectivity index (χ4n) is 2.49. The van der Waals surface area contributed by atoms with Crippen molar-refractivity contribution in [2.45, 2.75) is 25.4 Å². The summed E-state index contributed by atoms with van der Waals surface area (Å²) in [5.41, 5.74) is -1.66. The lowest BCUT2D eigenvalue weighted by atomic mass is 9.85. The predicted octanol–water partition coefficient (Wildman–Crippen LogP) is -0.421. The van der Waals surface area contributed by atoms with E-state index < -0.39 is 39.6 Å². The highest BCUT2D eigenvalue weighted by atomic mass is 35.5. The molecule has 1 aliphatic rings. The number of thiazole rings is 1. The van der Waals surface area contributed by atoms with Gasteiger partial charge in [0.05, 0.1) is 5.54 Å². The van der Waals surface area contributed by atoms with Crippen molar-refractivity contribution in [3.05, 3.63) is 11.1 Å². The number of oxime groups is 1. The number of halogens is 1. The third kappa shape index (κ3) is 4.24. The molecular formula is C13H16ClN5O7S2. The molecule has 3 amide bonds. The second-order valence-corrected chi connectivity index (χ2v) is 8.37. The molecule has 0 radical (unpaired) electrons. The third-order valence-electron chi connectivity index (χ3n) is 3.70. The lowest BCUT2D eigenvalue weighted by molar-refractivity contribution is -0.151. The zero-order valence-corrected chi connectivity index (χ0v) is 17.2. The van der Waals surface area contributed by atoms with Gasteiger partial charge in [0.15, 0.2) is 10.8 Å². The first-order valence-corrected chi connectivity index (χ1v) is 10.3. The van der Waals surface area contributed by atoms with Crippen molar-refractivity contribution < 1.29 is 32.2 Å². The molecule has 12 nitrogen and oxygen atoms in total. The number of carbonyl (C=O) groups is 3. The van der Waals surface area contributed by atoms with Crippen LogP contribution in [0, 0.1) is 0 Å². The minimum atomic E-state index is -4.77. The van der Waals surface area contributed by atoms with E-state index in [4.69, 9.17) is 16.2 Å². The maximum atomic E-state index is 12.6. The highest BCUT2D eigenvalue weighted by Gasteiger charge is 2.60. The van der Waals surface area contributed by atoms with E-state index in [0.717, 1.165) is 11.3 Å². The van der Waals surface area contributed by atoms with Crippen LogP contribution in [0.4, 0.5) is 5.13 Å². The molecule has 3 N–H and O–H groups in total. The average molecular weight is 454 g/mol. The normalized spacial score (nSPS) is 19.0. The van der Waals surface area contributed by atoms with E-state index in [9.17, 15) is 22.8 Å².